The van der Waals surface area contributed by atoms with Gasteiger partial charge >= 0.3 is 0 Å². The Kier molecular flexibility index (Phi) is 3.47. The van der Waals surface area contributed by atoms with Gasteiger partial charge in [0.25, 0.3) is 0 Å². The standard InChI is InChI=1S/C16H20N2O2/c1-10(2)13-5-4-11(3)14(8-13)19-9-15-17-16(20-18-15)12-6-7-12/h4-5,8,10,12H,6-7,9H2,1-3H3. The van der Waals surface area contributed by atoms with Crippen LogP contribution in [0.1, 0.15) is 61.4 Å². The van der Waals surface area contributed by atoms with Crippen molar-refractivity contribution in [3.05, 3.63) is 41.0 Å². The second kappa shape index (κ2) is 5.27. The van der Waals surface area contributed by atoms with Crippen LogP contribution in [0.3, 0.4) is 0 Å². The summed E-state index contributed by atoms with van der Waals surface area (Å²) in [7, 11) is 0. The molecule has 2 aromatic rings. The molecule has 0 amide bonds. The highest BCUT2D eigenvalue weighted by atomic mass is 16.5. The summed E-state index contributed by atoms with van der Waals surface area (Å²) in [6, 6.07) is 6.34. The van der Waals surface area contributed by atoms with E-state index in [-0.39, 0.29) is 0 Å². The van der Waals surface area contributed by atoms with E-state index >= 15 is 0 Å². The molecule has 20 heavy (non-hydrogen) atoms. The van der Waals surface area contributed by atoms with Crippen molar-refractivity contribution in [3.8, 4) is 5.75 Å². The maximum atomic E-state index is 5.84. The molecule has 0 spiro atoms. The highest BCUT2D eigenvalue weighted by Gasteiger charge is 2.29. The molecule has 1 heterocycles. The van der Waals surface area contributed by atoms with Gasteiger partial charge in [-0.05, 0) is 42.9 Å². The number of benzene rings is 1. The Morgan fingerprint density at radius 1 is 1.35 bits per heavy atom. The number of aromatic nitrogens is 2. The third-order valence-electron chi connectivity index (χ3n) is 3.65. The van der Waals surface area contributed by atoms with Crippen molar-refractivity contribution in [3.63, 3.8) is 0 Å². The lowest BCUT2D eigenvalue weighted by atomic mass is 10.0. The van der Waals surface area contributed by atoms with Crippen LogP contribution in [0.15, 0.2) is 22.7 Å². The monoisotopic (exact) mass is 272 g/mol. The van der Waals surface area contributed by atoms with E-state index in [2.05, 4.69) is 42.2 Å². The zero-order valence-corrected chi connectivity index (χ0v) is 12.2. The SMILES string of the molecule is Cc1ccc(C(C)C)cc1OCc1noc(C2CC2)n1. The molecule has 4 nitrogen and oxygen atoms in total. The summed E-state index contributed by atoms with van der Waals surface area (Å²) in [5.41, 5.74) is 2.40. The van der Waals surface area contributed by atoms with E-state index in [4.69, 9.17) is 9.26 Å². The largest absolute Gasteiger partial charge is 0.485 e. The van der Waals surface area contributed by atoms with E-state index in [1.54, 1.807) is 0 Å². The van der Waals surface area contributed by atoms with E-state index in [0.29, 0.717) is 24.3 Å². The minimum absolute atomic E-state index is 0.360. The second-order valence-electron chi connectivity index (χ2n) is 5.79. The lowest BCUT2D eigenvalue weighted by molar-refractivity contribution is 0.283. The third-order valence-corrected chi connectivity index (χ3v) is 3.65. The molecular weight excluding hydrogens is 252 g/mol. The summed E-state index contributed by atoms with van der Waals surface area (Å²) >= 11 is 0. The predicted molar refractivity (Wildman–Crippen MR) is 75.9 cm³/mol. The molecule has 1 aliphatic carbocycles. The van der Waals surface area contributed by atoms with Gasteiger partial charge in [-0.2, -0.15) is 4.98 Å². The van der Waals surface area contributed by atoms with Crippen LogP contribution in [-0.2, 0) is 6.61 Å². The molecule has 0 bridgehead atoms. The average Bonchev–Trinajstić information content (AvgIpc) is 3.17. The lowest BCUT2D eigenvalue weighted by Gasteiger charge is -2.11. The fourth-order valence-electron chi connectivity index (χ4n) is 2.10. The molecule has 0 N–H and O–H groups in total. The molecule has 1 aliphatic rings. The van der Waals surface area contributed by atoms with Gasteiger partial charge in [0.05, 0.1) is 0 Å². The molecule has 0 unspecified atom stereocenters. The van der Waals surface area contributed by atoms with E-state index in [0.717, 1.165) is 30.0 Å². The minimum Gasteiger partial charge on any atom is -0.485 e. The molecule has 3 rings (SSSR count). The number of aryl methyl sites for hydroxylation is 1. The minimum atomic E-state index is 0.360. The molecule has 4 heteroatoms. The summed E-state index contributed by atoms with van der Waals surface area (Å²) in [6.07, 6.45) is 2.33. The summed E-state index contributed by atoms with van der Waals surface area (Å²) in [5.74, 6) is 3.26. The zero-order chi connectivity index (χ0) is 14.1. The van der Waals surface area contributed by atoms with E-state index in [1.165, 1.54) is 5.56 Å². The molecule has 1 saturated carbocycles. The Bertz CT molecular complexity index is 600. The Balaban J connectivity index is 1.68. The quantitative estimate of drug-likeness (QED) is 0.826. The van der Waals surface area contributed by atoms with Crippen LogP contribution in [0.25, 0.3) is 0 Å². The van der Waals surface area contributed by atoms with Crippen molar-refractivity contribution in [1.29, 1.82) is 0 Å². The molecular formula is C16H20N2O2. The lowest BCUT2D eigenvalue weighted by Crippen LogP contribution is -2.00. The number of hydrogen-bond acceptors (Lipinski definition) is 4. The number of hydrogen-bond donors (Lipinski definition) is 0. The maximum absolute atomic E-state index is 5.84. The Morgan fingerprint density at radius 2 is 2.15 bits per heavy atom. The van der Waals surface area contributed by atoms with Crippen LogP contribution in [0.5, 0.6) is 5.75 Å². The first kappa shape index (κ1) is 13.2. The van der Waals surface area contributed by atoms with Gasteiger partial charge in [-0.1, -0.05) is 31.1 Å². The van der Waals surface area contributed by atoms with Crippen molar-refractivity contribution in [1.82, 2.24) is 10.1 Å². The van der Waals surface area contributed by atoms with Gasteiger partial charge < -0.3 is 9.26 Å². The first-order chi connectivity index (χ1) is 9.63. The number of rotatable bonds is 5. The molecule has 1 fully saturated rings. The van der Waals surface area contributed by atoms with Gasteiger partial charge in [0.1, 0.15) is 5.75 Å². The van der Waals surface area contributed by atoms with Gasteiger partial charge in [-0.15, -0.1) is 0 Å². The summed E-state index contributed by atoms with van der Waals surface area (Å²) in [4.78, 5) is 4.37. The Labute approximate surface area is 119 Å². The highest BCUT2D eigenvalue weighted by Crippen LogP contribution is 2.38. The van der Waals surface area contributed by atoms with E-state index < -0.39 is 0 Å². The Hall–Kier alpha value is -1.84. The second-order valence-corrected chi connectivity index (χ2v) is 5.79. The molecule has 1 aromatic heterocycles. The molecule has 0 atom stereocenters. The third kappa shape index (κ3) is 2.84. The first-order valence-electron chi connectivity index (χ1n) is 7.19. The van der Waals surface area contributed by atoms with Gasteiger partial charge in [-0.3, -0.25) is 0 Å². The van der Waals surface area contributed by atoms with Crippen LogP contribution >= 0.6 is 0 Å². The normalized spacial score (nSPS) is 14.8. The predicted octanol–water partition coefficient (Wildman–Crippen LogP) is 3.96. The number of nitrogens with zero attached hydrogens (tertiary/aromatic N) is 2. The first-order valence-corrected chi connectivity index (χ1v) is 7.19. The van der Waals surface area contributed by atoms with Crippen molar-refractivity contribution in [2.45, 2.75) is 52.1 Å². The molecule has 0 saturated heterocycles. The van der Waals surface area contributed by atoms with Crippen molar-refractivity contribution < 1.29 is 9.26 Å². The van der Waals surface area contributed by atoms with Crippen molar-refractivity contribution >= 4 is 0 Å². The van der Waals surface area contributed by atoms with Crippen molar-refractivity contribution in [2.75, 3.05) is 0 Å². The smallest absolute Gasteiger partial charge is 0.229 e. The van der Waals surface area contributed by atoms with Crippen LogP contribution in [0, 0.1) is 6.92 Å². The summed E-state index contributed by atoms with van der Waals surface area (Å²) < 4.78 is 11.1. The molecule has 1 aromatic carbocycles. The molecule has 0 aliphatic heterocycles. The number of ether oxygens (including phenoxy) is 1. The topological polar surface area (TPSA) is 48.2 Å². The van der Waals surface area contributed by atoms with Gasteiger partial charge in [0.2, 0.25) is 11.7 Å². The van der Waals surface area contributed by atoms with Crippen LogP contribution < -0.4 is 4.74 Å². The average molecular weight is 272 g/mol. The summed E-state index contributed by atoms with van der Waals surface area (Å²) in [5, 5.41) is 3.97. The molecule has 0 radical (unpaired) electrons. The van der Waals surface area contributed by atoms with Crippen molar-refractivity contribution in [2.24, 2.45) is 0 Å². The van der Waals surface area contributed by atoms with E-state index in [1.807, 2.05) is 6.92 Å². The van der Waals surface area contributed by atoms with Crippen LogP contribution in [-0.4, -0.2) is 10.1 Å². The van der Waals surface area contributed by atoms with Crippen LogP contribution in [0.4, 0.5) is 0 Å². The van der Waals surface area contributed by atoms with Crippen LogP contribution in [0.2, 0.25) is 0 Å². The maximum Gasteiger partial charge on any atom is 0.229 e. The zero-order valence-electron chi connectivity index (χ0n) is 12.2. The highest BCUT2D eigenvalue weighted by molar-refractivity contribution is 5.37. The fraction of sp³-hybridized carbons (Fsp3) is 0.500. The molecule has 106 valence electrons. The Morgan fingerprint density at radius 3 is 2.85 bits per heavy atom. The fourth-order valence-corrected chi connectivity index (χ4v) is 2.10. The van der Waals surface area contributed by atoms with Gasteiger partial charge in [-0.25, -0.2) is 0 Å². The van der Waals surface area contributed by atoms with Gasteiger partial charge in [0, 0.05) is 5.92 Å². The van der Waals surface area contributed by atoms with Gasteiger partial charge in [0.15, 0.2) is 6.61 Å². The van der Waals surface area contributed by atoms with E-state index in [9.17, 15) is 0 Å². The summed E-state index contributed by atoms with van der Waals surface area (Å²) in [6.45, 7) is 6.76.